The van der Waals surface area contributed by atoms with Crippen molar-refractivity contribution in [3.8, 4) is 5.75 Å². The van der Waals surface area contributed by atoms with Gasteiger partial charge in [-0.1, -0.05) is 6.07 Å². The summed E-state index contributed by atoms with van der Waals surface area (Å²) in [4.78, 5) is 22.7. The zero-order valence-corrected chi connectivity index (χ0v) is 14.2. The Morgan fingerprint density at radius 2 is 1.71 bits per heavy atom. The number of benzene rings is 1. The third-order valence-electron chi connectivity index (χ3n) is 2.99. The molecule has 0 saturated carbocycles. The number of nitrogens with one attached hydrogen (secondary N) is 1. The second-order valence-corrected chi connectivity index (χ2v) is 4.90. The van der Waals surface area contributed by atoms with Crippen LogP contribution in [0, 0.1) is 0 Å². The van der Waals surface area contributed by atoms with E-state index in [9.17, 15) is 9.59 Å². The summed E-state index contributed by atoms with van der Waals surface area (Å²) in [5.41, 5.74) is 4.00. The fraction of sp³-hybridized carbons (Fsp3) is 0.176. The third-order valence-corrected chi connectivity index (χ3v) is 2.99. The average molecular weight is 348 g/mol. The first-order chi connectivity index (χ1) is 11.0. The van der Waals surface area contributed by atoms with Crippen molar-refractivity contribution in [2.45, 2.75) is 20.4 Å². The Kier molecular flexibility index (Phi) is 7.58. The molecule has 7 heteroatoms. The van der Waals surface area contributed by atoms with Crippen molar-refractivity contribution in [2.24, 2.45) is 5.10 Å². The van der Waals surface area contributed by atoms with Crippen LogP contribution in [0.25, 0.3) is 0 Å². The predicted octanol–water partition coefficient (Wildman–Crippen LogP) is -1.56. The van der Waals surface area contributed by atoms with Gasteiger partial charge in [-0.25, -0.2) is 5.43 Å². The summed E-state index contributed by atoms with van der Waals surface area (Å²) in [5.74, 6) is -0.107. The largest absolute Gasteiger partial charge is 1.00 e. The normalized spacial score (nSPS) is 10.5. The van der Waals surface area contributed by atoms with Crippen LogP contribution in [0.3, 0.4) is 0 Å². The van der Waals surface area contributed by atoms with Crippen molar-refractivity contribution < 1.29 is 31.3 Å². The lowest BCUT2D eigenvalue weighted by Gasteiger charge is -2.04. The van der Waals surface area contributed by atoms with Crippen molar-refractivity contribution in [3.63, 3.8) is 0 Å². The molecule has 0 saturated heterocycles. The van der Waals surface area contributed by atoms with Gasteiger partial charge in [-0.05, 0) is 36.8 Å². The molecule has 2 aromatic rings. The van der Waals surface area contributed by atoms with E-state index >= 15 is 0 Å². The topological polar surface area (TPSA) is 71.6 Å². The molecule has 126 valence electrons. The lowest BCUT2D eigenvalue weighted by atomic mass is 10.1. The number of halogens is 1. The van der Waals surface area contributed by atoms with Gasteiger partial charge in [0, 0.05) is 19.1 Å². The maximum absolute atomic E-state index is 11.8. The maximum atomic E-state index is 11.8. The zero-order valence-electron chi connectivity index (χ0n) is 13.4. The number of pyridine rings is 1. The highest BCUT2D eigenvalue weighted by atomic mass is 35.5. The molecule has 0 bridgehead atoms. The van der Waals surface area contributed by atoms with E-state index in [0.29, 0.717) is 11.5 Å². The Labute approximate surface area is 146 Å². The van der Waals surface area contributed by atoms with Crippen LogP contribution in [-0.2, 0) is 16.1 Å². The molecule has 0 spiro atoms. The van der Waals surface area contributed by atoms with E-state index < -0.39 is 0 Å². The van der Waals surface area contributed by atoms with Crippen LogP contribution in [0.2, 0.25) is 0 Å². The van der Waals surface area contributed by atoms with Gasteiger partial charge in [0.25, 0.3) is 0 Å². The minimum atomic E-state index is -0.367. The molecule has 0 fully saturated rings. The lowest BCUT2D eigenvalue weighted by Crippen LogP contribution is -3.00. The van der Waals surface area contributed by atoms with Gasteiger partial charge < -0.3 is 17.1 Å². The summed E-state index contributed by atoms with van der Waals surface area (Å²) in [6, 6.07) is 12.5. The standard InChI is InChI=1S/C17H17N3O3.ClH/c1-13(15-6-8-16(9-7-15)23-14(2)21)18-19-17(22)12-20-10-4-3-5-11-20;/h3-11H,12H2,1-2H3;1H/b18-13-;. The van der Waals surface area contributed by atoms with Gasteiger partial charge in [-0.15, -0.1) is 0 Å². The summed E-state index contributed by atoms with van der Waals surface area (Å²) < 4.78 is 6.72. The summed E-state index contributed by atoms with van der Waals surface area (Å²) in [7, 11) is 0. The number of ether oxygens (including phenoxy) is 1. The quantitative estimate of drug-likeness (QED) is 0.234. The van der Waals surface area contributed by atoms with E-state index in [1.807, 2.05) is 30.6 Å². The average Bonchev–Trinajstić information content (AvgIpc) is 2.54. The fourth-order valence-electron chi connectivity index (χ4n) is 1.88. The highest BCUT2D eigenvalue weighted by Gasteiger charge is 2.07. The molecule has 1 aromatic carbocycles. The van der Waals surface area contributed by atoms with Crippen LogP contribution >= 0.6 is 0 Å². The molecule has 0 aliphatic rings. The third kappa shape index (κ3) is 6.18. The minimum absolute atomic E-state index is 0. The minimum Gasteiger partial charge on any atom is -1.00 e. The Balaban J connectivity index is 0.00000288. The molecule has 24 heavy (non-hydrogen) atoms. The monoisotopic (exact) mass is 347 g/mol. The van der Waals surface area contributed by atoms with Gasteiger partial charge in [-0.2, -0.15) is 9.67 Å². The second-order valence-electron chi connectivity index (χ2n) is 4.90. The molecule has 2 rings (SSSR count). The van der Waals surface area contributed by atoms with E-state index in [1.54, 1.807) is 35.8 Å². The molecule has 0 aliphatic heterocycles. The molecule has 0 aliphatic carbocycles. The first-order valence-corrected chi connectivity index (χ1v) is 7.10. The molecule has 0 atom stereocenters. The molecular formula is C17H18ClN3O3. The summed E-state index contributed by atoms with van der Waals surface area (Å²) >= 11 is 0. The van der Waals surface area contributed by atoms with E-state index in [2.05, 4.69) is 10.5 Å². The Morgan fingerprint density at radius 3 is 2.29 bits per heavy atom. The van der Waals surface area contributed by atoms with Gasteiger partial charge in [0.2, 0.25) is 6.54 Å². The van der Waals surface area contributed by atoms with E-state index in [-0.39, 0.29) is 30.8 Å². The van der Waals surface area contributed by atoms with Crippen LogP contribution in [0.4, 0.5) is 0 Å². The summed E-state index contributed by atoms with van der Waals surface area (Å²) in [6.07, 6.45) is 3.62. The SMILES string of the molecule is CC(=O)Oc1ccc(/C(C)=N\NC(=O)C[n+]2ccccc2)cc1.[Cl-]. The van der Waals surface area contributed by atoms with E-state index in [1.165, 1.54) is 6.92 Å². The van der Waals surface area contributed by atoms with E-state index in [4.69, 9.17) is 4.74 Å². The van der Waals surface area contributed by atoms with Crippen LogP contribution < -0.4 is 27.1 Å². The predicted molar refractivity (Wildman–Crippen MR) is 84.7 cm³/mol. The number of hydrogen-bond acceptors (Lipinski definition) is 4. The molecular weight excluding hydrogens is 330 g/mol. The highest BCUT2D eigenvalue weighted by Crippen LogP contribution is 2.12. The van der Waals surface area contributed by atoms with Gasteiger partial charge >= 0.3 is 11.9 Å². The number of amides is 1. The number of aromatic nitrogens is 1. The Hall–Kier alpha value is -2.73. The number of carbonyl (C=O) groups is 2. The Morgan fingerprint density at radius 1 is 1.08 bits per heavy atom. The number of hydrazone groups is 1. The molecule has 6 nitrogen and oxygen atoms in total. The number of carbonyl (C=O) groups excluding carboxylic acids is 2. The first kappa shape index (κ1) is 19.3. The van der Waals surface area contributed by atoms with Crippen LogP contribution in [-0.4, -0.2) is 17.6 Å². The van der Waals surface area contributed by atoms with Crippen molar-refractivity contribution in [2.75, 3.05) is 0 Å². The molecule has 1 aromatic heterocycles. The summed E-state index contributed by atoms with van der Waals surface area (Å²) in [6.45, 7) is 3.33. The zero-order chi connectivity index (χ0) is 16.7. The van der Waals surface area contributed by atoms with Gasteiger partial charge in [0.05, 0.1) is 5.71 Å². The lowest BCUT2D eigenvalue weighted by molar-refractivity contribution is -0.684. The van der Waals surface area contributed by atoms with Gasteiger partial charge in [0.1, 0.15) is 5.75 Å². The highest BCUT2D eigenvalue weighted by molar-refractivity contribution is 5.99. The van der Waals surface area contributed by atoms with Crippen molar-refractivity contribution in [1.29, 1.82) is 0 Å². The van der Waals surface area contributed by atoms with Gasteiger partial charge in [0.15, 0.2) is 12.4 Å². The number of hydrogen-bond donors (Lipinski definition) is 1. The number of rotatable bonds is 5. The number of esters is 1. The molecule has 0 radical (unpaired) electrons. The molecule has 1 heterocycles. The van der Waals surface area contributed by atoms with Crippen molar-refractivity contribution >= 4 is 17.6 Å². The Bertz CT molecular complexity index is 716. The van der Waals surface area contributed by atoms with Crippen LogP contribution in [0.1, 0.15) is 19.4 Å². The number of nitrogens with zero attached hydrogens (tertiary/aromatic N) is 2. The van der Waals surface area contributed by atoms with Crippen LogP contribution in [0.5, 0.6) is 5.75 Å². The second kappa shape index (κ2) is 9.42. The molecule has 0 unspecified atom stereocenters. The maximum Gasteiger partial charge on any atom is 0.308 e. The molecule has 1 amide bonds. The van der Waals surface area contributed by atoms with Crippen molar-refractivity contribution in [3.05, 3.63) is 60.4 Å². The first-order valence-electron chi connectivity index (χ1n) is 7.10. The van der Waals surface area contributed by atoms with E-state index in [0.717, 1.165) is 5.56 Å². The fourth-order valence-corrected chi connectivity index (χ4v) is 1.88. The molecule has 1 N–H and O–H groups in total. The smallest absolute Gasteiger partial charge is 0.308 e. The van der Waals surface area contributed by atoms with Crippen LogP contribution in [0.15, 0.2) is 60.0 Å². The summed E-state index contributed by atoms with van der Waals surface area (Å²) in [5, 5.41) is 4.08. The van der Waals surface area contributed by atoms with Crippen molar-refractivity contribution in [1.82, 2.24) is 5.43 Å². The van der Waals surface area contributed by atoms with Gasteiger partial charge in [-0.3, -0.25) is 9.59 Å².